The average molecular weight is 382 g/mol. The highest BCUT2D eigenvalue weighted by molar-refractivity contribution is 7.11. The number of benzene rings is 1. The smallest absolute Gasteiger partial charge is 0.182 e. The summed E-state index contributed by atoms with van der Waals surface area (Å²) in [5.41, 5.74) is 3.32. The van der Waals surface area contributed by atoms with E-state index in [-0.39, 0.29) is 11.3 Å². The van der Waals surface area contributed by atoms with E-state index in [2.05, 4.69) is 54.3 Å². The van der Waals surface area contributed by atoms with Crippen LogP contribution in [0.2, 0.25) is 0 Å². The fraction of sp³-hybridized carbons (Fsp3) is 0.421. The summed E-state index contributed by atoms with van der Waals surface area (Å²) in [7, 11) is 1.93. The monoisotopic (exact) mass is 381 g/mol. The van der Waals surface area contributed by atoms with Crippen LogP contribution in [0.15, 0.2) is 34.5 Å². The van der Waals surface area contributed by atoms with Gasteiger partial charge in [0, 0.05) is 23.8 Å². The fourth-order valence-corrected chi connectivity index (χ4v) is 3.79. The Hall–Kier alpha value is -2.61. The highest BCUT2D eigenvalue weighted by Gasteiger charge is 2.28. The van der Waals surface area contributed by atoms with Gasteiger partial charge in [-0.2, -0.15) is 19.1 Å². The van der Waals surface area contributed by atoms with Crippen molar-refractivity contribution in [2.24, 2.45) is 17.3 Å². The maximum absolute atomic E-state index is 4.86. The molecule has 0 aliphatic rings. The molecule has 0 amide bonds. The lowest BCUT2D eigenvalue weighted by molar-refractivity contribution is 0.558. The van der Waals surface area contributed by atoms with Crippen molar-refractivity contribution in [1.82, 2.24) is 23.8 Å². The number of aryl methyl sites for hydroxylation is 1. The third-order valence-corrected chi connectivity index (χ3v) is 5.21. The van der Waals surface area contributed by atoms with Gasteiger partial charge in [0.2, 0.25) is 0 Å². The largest absolute Gasteiger partial charge is 0.247 e. The predicted molar refractivity (Wildman–Crippen MR) is 109 cm³/mol. The van der Waals surface area contributed by atoms with E-state index in [0.717, 1.165) is 38.8 Å². The average Bonchev–Trinajstić information content (AvgIpc) is 3.26. The van der Waals surface area contributed by atoms with E-state index in [0.29, 0.717) is 0 Å². The highest BCUT2D eigenvalue weighted by Crippen LogP contribution is 2.38. The van der Waals surface area contributed by atoms with Crippen molar-refractivity contribution in [3.05, 3.63) is 35.8 Å². The minimum absolute atomic E-state index is 0.162. The molecule has 4 rings (SSSR count). The summed E-state index contributed by atoms with van der Waals surface area (Å²) in [6.45, 7) is 10.6. The van der Waals surface area contributed by atoms with Gasteiger partial charge < -0.3 is 0 Å². The third kappa shape index (κ3) is 2.93. The van der Waals surface area contributed by atoms with Crippen molar-refractivity contribution in [3.8, 4) is 0 Å². The first kappa shape index (κ1) is 17.8. The van der Waals surface area contributed by atoms with Gasteiger partial charge in [-0.25, -0.2) is 4.68 Å². The van der Waals surface area contributed by atoms with Gasteiger partial charge in [-0.15, -0.1) is 10.2 Å². The molecule has 0 fully saturated rings. The van der Waals surface area contributed by atoms with Crippen LogP contribution in [0.1, 0.15) is 52.1 Å². The predicted octanol–water partition coefficient (Wildman–Crippen LogP) is 5.51. The lowest BCUT2D eigenvalue weighted by atomic mass is 9.91. The normalized spacial score (nSPS) is 13.0. The zero-order valence-electron chi connectivity index (χ0n) is 16.4. The maximum atomic E-state index is 4.86. The van der Waals surface area contributed by atoms with Crippen molar-refractivity contribution < 1.29 is 0 Å². The summed E-state index contributed by atoms with van der Waals surface area (Å²) in [5, 5.41) is 20.5. The van der Waals surface area contributed by atoms with E-state index in [4.69, 9.17) is 5.10 Å². The molecule has 0 aliphatic carbocycles. The molecule has 4 aromatic rings. The Morgan fingerprint density at radius 3 is 2.52 bits per heavy atom. The minimum atomic E-state index is -0.162. The SMILES string of the molecule is CC(C)c1nn(C)c2c(N=Nc3snc4ccccc34)c(C(C)(C)C)nn12. The van der Waals surface area contributed by atoms with Gasteiger partial charge in [0.05, 0.1) is 11.2 Å². The molecule has 27 heavy (non-hydrogen) atoms. The summed E-state index contributed by atoms with van der Waals surface area (Å²) in [6, 6.07) is 7.97. The molecule has 0 aliphatic heterocycles. The lowest BCUT2D eigenvalue weighted by Crippen LogP contribution is -2.13. The molecule has 0 bridgehead atoms. The molecular formula is C19H23N7S. The summed E-state index contributed by atoms with van der Waals surface area (Å²) in [4.78, 5) is 0. The second-order valence-corrected chi connectivity index (χ2v) is 8.78. The van der Waals surface area contributed by atoms with Crippen molar-refractivity contribution in [2.75, 3.05) is 0 Å². The van der Waals surface area contributed by atoms with Crippen LogP contribution in [0.4, 0.5) is 10.7 Å². The Bertz CT molecular complexity index is 1150. The second-order valence-electron chi connectivity index (χ2n) is 8.02. The van der Waals surface area contributed by atoms with E-state index in [1.807, 2.05) is 40.5 Å². The van der Waals surface area contributed by atoms with E-state index >= 15 is 0 Å². The summed E-state index contributed by atoms with van der Waals surface area (Å²) in [5.74, 6) is 1.18. The lowest BCUT2D eigenvalue weighted by Gasteiger charge is -2.15. The Morgan fingerprint density at radius 2 is 1.81 bits per heavy atom. The van der Waals surface area contributed by atoms with Gasteiger partial charge in [0.15, 0.2) is 22.2 Å². The summed E-state index contributed by atoms with van der Waals surface area (Å²) >= 11 is 1.36. The Balaban J connectivity index is 1.92. The molecule has 0 saturated heterocycles. The van der Waals surface area contributed by atoms with E-state index in [1.165, 1.54) is 11.5 Å². The first-order valence-corrected chi connectivity index (χ1v) is 9.77. The molecule has 7 nitrogen and oxygen atoms in total. The summed E-state index contributed by atoms with van der Waals surface area (Å²) in [6.07, 6.45) is 0. The molecule has 0 atom stereocenters. The van der Waals surface area contributed by atoms with Gasteiger partial charge in [0.1, 0.15) is 0 Å². The molecule has 0 N–H and O–H groups in total. The van der Waals surface area contributed by atoms with Gasteiger partial charge in [-0.3, -0.25) is 0 Å². The molecule has 140 valence electrons. The molecule has 1 aromatic carbocycles. The zero-order valence-corrected chi connectivity index (χ0v) is 17.2. The highest BCUT2D eigenvalue weighted by atomic mass is 32.1. The number of nitrogens with zero attached hydrogens (tertiary/aromatic N) is 7. The Labute approximate surface area is 161 Å². The quantitative estimate of drug-likeness (QED) is 0.439. The summed E-state index contributed by atoms with van der Waals surface area (Å²) < 4.78 is 8.20. The molecule has 3 aromatic heterocycles. The molecule has 8 heteroatoms. The van der Waals surface area contributed by atoms with Crippen molar-refractivity contribution in [2.45, 2.75) is 46.0 Å². The zero-order chi connectivity index (χ0) is 19.3. The van der Waals surface area contributed by atoms with Crippen molar-refractivity contribution in [1.29, 1.82) is 0 Å². The van der Waals surface area contributed by atoms with Crippen LogP contribution in [0.3, 0.4) is 0 Å². The minimum Gasteiger partial charge on any atom is -0.247 e. The molecule has 0 radical (unpaired) electrons. The van der Waals surface area contributed by atoms with Gasteiger partial charge in [-0.05, 0) is 23.7 Å². The molecule has 3 heterocycles. The fourth-order valence-electron chi connectivity index (χ4n) is 3.09. The van der Waals surface area contributed by atoms with Crippen LogP contribution in [-0.4, -0.2) is 23.8 Å². The van der Waals surface area contributed by atoms with Crippen LogP contribution < -0.4 is 0 Å². The van der Waals surface area contributed by atoms with Crippen LogP contribution in [0, 0.1) is 0 Å². The third-order valence-electron chi connectivity index (χ3n) is 4.45. The van der Waals surface area contributed by atoms with Crippen LogP contribution in [0.5, 0.6) is 0 Å². The second kappa shape index (κ2) is 6.23. The number of hydrogen-bond donors (Lipinski definition) is 0. The number of aromatic nitrogens is 5. The topological polar surface area (TPSA) is 72.7 Å². The van der Waals surface area contributed by atoms with Gasteiger partial charge in [0.25, 0.3) is 0 Å². The van der Waals surface area contributed by atoms with Crippen molar-refractivity contribution in [3.63, 3.8) is 0 Å². The number of rotatable bonds is 3. The molecule has 0 unspecified atom stereocenters. The molecule has 0 spiro atoms. The van der Waals surface area contributed by atoms with Gasteiger partial charge >= 0.3 is 0 Å². The van der Waals surface area contributed by atoms with E-state index < -0.39 is 0 Å². The number of azo groups is 1. The first-order chi connectivity index (χ1) is 12.8. The Kier molecular flexibility index (Phi) is 4.10. The number of hydrogen-bond acceptors (Lipinski definition) is 6. The number of fused-ring (bicyclic) bond motifs is 2. The van der Waals surface area contributed by atoms with E-state index in [9.17, 15) is 0 Å². The van der Waals surface area contributed by atoms with E-state index in [1.54, 1.807) is 0 Å². The van der Waals surface area contributed by atoms with Crippen LogP contribution in [-0.2, 0) is 12.5 Å². The molecule has 0 saturated carbocycles. The van der Waals surface area contributed by atoms with Crippen molar-refractivity contribution >= 4 is 38.8 Å². The standard InChI is InChI=1S/C19H23N7S/c1-11(2)16-23-25(6)18-14(15(19(3,4)5)22-26(16)18)20-21-17-12-9-7-8-10-13(12)24-27-17/h7-11H,1-6H3. The maximum Gasteiger partial charge on any atom is 0.182 e. The molecular weight excluding hydrogens is 358 g/mol. The van der Waals surface area contributed by atoms with Gasteiger partial charge in [-0.1, -0.05) is 46.8 Å². The Morgan fingerprint density at radius 1 is 1.07 bits per heavy atom. The first-order valence-electron chi connectivity index (χ1n) is 8.99. The van der Waals surface area contributed by atoms with Crippen LogP contribution in [0.25, 0.3) is 16.6 Å². The van der Waals surface area contributed by atoms with Crippen LogP contribution >= 0.6 is 11.5 Å².